The first kappa shape index (κ1) is 13.4. The summed E-state index contributed by atoms with van der Waals surface area (Å²) in [7, 11) is 1.67. The van der Waals surface area contributed by atoms with Crippen molar-refractivity contribution in [3.63, 3.8) is 0 Å². The molecule has 1 aromatic carbocycles. The van der Waals surface area contributed by atoms with Gasteiger partial charge >= 0.3 is 0 Å². The van der Waals surface area contributed by atoms with E-state index in [1.807, 2.05) is 0 Å². The number of ether oxygens (including phenoxy) is 1. The van der Waals surface area contributed by atoms with Crippen LogP contribution in [0.4, 0.5) is 11.4 Å². The summed E-state index contributed by atoms with van der Waals surface area (Å²) in [4.78, 5) is 0. The Balaban J connectivity index is 2.83. The lowest BCUT2D eigenvalue weighted by atomic mass is 10.2. The molecule has 0 amide bonds. The zero-order valence-corrected chi connectivity index (χ0v) is 10.9. The summed E-state index contributed by atoms with van der Waals surface area (Å²) in [6.07, 6.45) is 0.938. The maximum atomic E-state index is 5.93. The monoisotopic (exact) mass is 262 g/mol. The molecule has 0 aliphatic heterocycles. The minimum Gasteiger partial charge on any atom is -0.397 e. The summed E-state index contributed by atoms with van der Waals surface area (Å²) in [5, 5.41) is 4.23. The molecule has 16 heavy (non-hydrogen) atoms. The Kier molecular flexibility index (Phi) is 5.19. The number of benzene rings is 1. The van der Waals surface area contributed by atoms with Crippen molar-refractivity contribution < 1.29 is 4.74 Å². The number of hydrogen-bond acceptors (Lipinski definition) is 3. The summed E-state index contributed by atoms with van der Waals surface area (Å²) < 4.78 is 5.10. The van der Waals surface area contributed by atoms with Crippen LogP contribution in [0.2, 0.25) is 10.0 Å². The van der Waals surface area contributed by atoms with E-state index in [4.69, 9.17) is 33.7 Å². The second-order valence-electron chi connectivity index (χ2n) is 3.56. The Morgan fingerprint density at radius 3 is 2.56 bits per heavy atom. The number of nitrogens with one attached hydrogen (secondary N) is 1. The molecule has 3 N–H and O–H groups in total. The third kappa shape index (κ3) is 3.44. The number of halogens is 2. The molecule has 0 saturated heterocycles. The number of anilines is 2. The Bertz CT molecular complexity index is 358. The molecule has 0 heterocycles. The van der Waals surface area contributed by atoms with Crippen LogP contribution in [-0.2, 0) is 4.74 Å². The fraction of sp³-hybridized carbons (Fsp3) is 0.455. The van der Waals surface area contributed by atoms with E-state index < -0.39 is 0 Å². The zero-order valence-electron chi connectivity index (χ0n) is 9.39. The predicted octanol–water partition coefficient (Wildman–Crippen LogP) is 3.41. The first-order valence-electron chi connectivity index (χ1n) is 5.08. The van der Waals surface area contributed by atoms with Crippen LogP contribution in [0.5, 0.6) is 0 Å². The summed E-state index contributed by atoms with van der Waals surface area (Å²) in [5.74, 6) is 0. The van der Waals surface area contributed by atoms with Crippen LogP contribution in [0, 0.1) is 0 Å². The van der Waals surface area contributed by atoms with Crippen LogP contribution < -0.4 is 11.1 Å². The van der Waals surface area contributed by atoms with Gasteiger partial charge in [0.25, 0.3) is 0 Å². The molecule has 0 aliphatic rings. The third-order valence-electron chi connectivity index (χ3n) is 2.31. The van der Waals surface area contributed by atoms with Gasteiger partial charge in [-0.05, 0) is 18.6 Å². The Morgan fingerprint density at radius 2 is 2.00 bits per heavy atom. The lowest BCUT2D eigenvalue weighted by Gasteiger charge is -2.19. The van der Waals surface area contributed by atoms with Crippen LogP contribution in [0.3, 0.4) is 0 Å². The average molecular weight is 263 g/mol. The highest BCUT2D eigenvalue weighted by molar-refractivity contribution is 6.42. The molecule has 1 atom stereocenters. The number of hydrogen-bond donors (Lipinski definition) is 2. The third-order valence-corrected chi connectivity index (χ3v) is 3.03. The number of methoxy groups -OCH3 is 1. The normalized spacial score (nSPS) is 12.5. The van der Waals surface area contributed by atoms with Gasteiger partial charge in [-0.15, -0.1) is 0 Å². The Morgan fingerprint density at radius 1 is 1.38 bits per heavy atom. The average Bonchev–Trinajstić information content (AvgIpc) is 2.25. The maximum absolute atomic E-state index is 5.93. The summed E-state index contributed by atoms with van der Waals surface area (Å²) in [6.45, 7) is 2.70. The van der Waals surface area contributed by atoms with Crippen molar-refractivity contribution in [3.8, 4) is 0 Å². The highest BCUT2D eigenvalue weighted by Crippen LogP contribution is 2.31. The standard InChI is InChI=1S/C11H16Cl2N2O/c1-3-7(6-16-2)15-11-5-9(13)8(12)4-10(11)14/h4-5,7,15H,3,6,14H2,1-2H3. The molecule has 3 nitrogen and oxygen atoms in total. The van der Waals surface area contributed by atoms with E-state index in [9.17, 15) is 0 Å². The maximum Gasteiger partial charge on any atom is 0.0663 e. The fourth-order valence-corrected chi connectivity index (χ4v) is 1.71. The van der Waals surface area contributed by atoms with Crippen molar-refractivity contribution in [3.05, 3.63) is 22.2 Å². The van der Waals surface area contributed by atoms with Crippen LogP contribution in [0.15, 0.2) is 12.1 Å². The van der Waals surface area contributed by atoms with Crippen LogP contribution in [0.25, 0.3) is 0 Å². The van der Waals surface area contributed by atoms with Gasteiger partial charge in [-0.1, -0.05) is 30.1 Å². The van der Waals surface area contributed by atoms with Gasteiger partial charge in [0.15, 0.2) is 0 Å². The minimum atomic E-state index is 0.213. The Hall–Kier alpha value is -0.640. The SMILES string of the molecule is CCC(COC)Nc1cc(Cl)c(Cl)cc1N. The van der Waals surface area contributed by atoms with Crippen molar-refractivity contribution in [1.82, 2.24) is 0 Å². The molecule has 0 bridgehead atoms. The fourth-order valence-electron chi connectivity index (χ4n) is 1.37. The van der Waals surface area contributed by atoms with Crippen molar-refractivity contribution in [1.29, 1.82) is 0 Å². The zero-order chi connectivity index (χ0) is 12.1. The molecule has 0 aliphatic carbocycles. The van der Waals surface area contributed by atoms with Gasteiger partial charge in [-0.2, -0.15) is 0 Å². The number of nitrogen functional groups attached to an aromatic ring is 1. The lowest BCUT2D eigenvalue weighted by molar-refractivity contribution is 0.184. The number of nitrogens with two attached hydrogens (primary N) is 1. The van der Waals surface area contributed by atoms with Crippen molar-refractivity contribution in [2.24, 2.45) is 0 Å². The predicted molar refractivity (Wildman–Crippen MR) is 70.5 cm³/mol. The van der Waals surface area contributed by atoms with Crippen LogP contribution in [0.1, 0.15) is 13.3 Å². The Labute approximate surface area is 106 Å². The lowest BCUT2D eigenvalue weighted by Crippen LogP contribution is -2.24. The van der Waals surface area contributed by atoms with E-state index in [0.29, 0.717) is 22.3 Å². The van der Waals surface area contributed by atoms with E-state index in [2.05, 4.69) is 12.2 Å². The molecule has 90 valence electrons. The van der Waals surface area contributed by atoms with Gasteiger partial charge in [0.2, 0.25) is 0 Å². The van der Waals surface area contributed by atoms with Crippen molar-refractivity contribution in [2.75, 3.05) is 24.8 Å². The van der Waals surface area contributed by atoms with Gasteiger partial charge in [0, 0.05) is 13.2 Å². The van der Waals surface area contributed by atoms with E-state index in [1.165, 1.54) is 0 Å². The highest BCUT2D eigenvalue weighted by Gasteiger charge is 2.10. The highest BCUT2D eigenvalue weighted by atomic mass is 35.5. The van der Waals surface area contributed by atoms with Crippen molar-refractivity contribution in [2.45, 2.75) is 19.4 Å². The van der Waals surface area contributed by atoms with Crippen LogP contribution in [-0.4, -0.2) is 19.8 Å². The second-order valence-corrected chi connectivity index (χ2v) is 4.37. The molecule has 0 aromatic heterocycles. The van der Waals surface area contributed by atoms with Gasteiger partial charge in [-0.3, -0.25) is 0 Å². The summed E-state index contributed by atoms with van der Waals surface area (Å²) in [6, 6.07) is 3.59. The van der Waals surface area contributed by atoms with Crippen LogP contribution >= 0.6 is 23.2 Å². The van der Waals surface area contributed by atoms with E-state index in [1.54, 1.807) is 19.2 Å². The molecule has 0 fully saturated rings. The quantitative estimate of drug-likeness (QED) is 0.800. The van der Waals surface area contributed by atoms with E-state index in [-0.39, 0.29) is 6.04 Å². The van der Waals surface area contributed by atoms with Crippen molar-refractivity contribution >= 4 is 34.6 Å². The second kappa shape index (κ2) is 6.18. The number of rotatable bonds is 5. The molecule has 0 saturated carbocycles. The van der Waals surface area contributed by atoms with Gasteiger partial charge in [-0.25, -0.2) is 0 Å². The molecular formula is C11H16Cl2N2O. The summed E-state index contributed by atoms with van der Waals surface area (Å²) >= 11 is 11.8. The minimum absolute atomic E-state index is 0.213. The van der Waals surface area contributed by atoms with Gasteiger partial charge in [0.05, 0.1) is 28.0 Å². The molecule has 1 unspecified atom stereocenters. The first-order chi connectivity index (χ1) is 7.58. The molecule has 1 rings (SSSR count). The van der Waals surface area contributed by atoms with E-state index in [0.717, 1.165) is 12.1 Å². The molecule has 5 heteroatoms. The smallest absolute Gasteiger partial charge is 0.0663 e. The van der Waals surface area contributed by atoms with E-state index >= 15 is 0 Å². The topological polar surface area (TPSA) is 47.3 Å². The molecule has 0 radical (unpaired) electrons. The van der Waals surface area contributed by atoms with Gasteiger partial charge < -0.3 is 15.8 Å². The molecular weight excluding hydrogens is 247 g/mol. The molecule has 0 spiro atoms. The van der Waals surface area contributed by atoms with Gasteiger partial charge in [0.1, 0.15) is 0 Å². The first-order valence-corrected chi connectivity index (χ1v) is 5.84. The summed E-state index contributed by atoms with van der Waals surface area (Å²) in [5.41, 5.74) is 7.22. The largest absolute Gasteiger partial charge is 0.397 e. The molecule has 1 aromatic rings.